The van der Waals surface area contributed by atoms with Gasteiger partial charge in [-0.1, -0.05) is 0 Å². The van der Waals surface area contributed by atoms with Gasteiger partial charge in [0, 0.05) is 17.2 Å². The Morgan fingerprint density at radius 2 is 1.85 bits per heavy atom. The fourth-order valence-electron chi connectivity index (χ4n) is 5.52. The van der Waals surface area contributed by atoms with Crippen LogP contribution in [0.15, 0.2) is 36.8 Å². The summed E-state index contributed by atoms with van der Waals surface area (Å²) in [5.74, 6) is -0.176. The molecule has 0 spiro atoms. The number of fused-ring (bicyclic) bond motifs is 4. The number of aryl methyl sites for hydroxylation is 1. The number of halogens is 1. The van der Waals surface area contributed by atoms with Gasteiger partial charge in [0.25, 0.3) is 0 Å². The number of pyridine rings is 2. The van der Waals surface area contributed by atoms with Gasteiger partial charge in [0.1, 0.15) is 18.0 Å². The maximum atomic E-state index is 13.9. The van der Waals surface area contributed by atoms with Crippen molar-refractivity contribution >= 4 is 11.6 Å². The second kappa shape index (κ2) is 6.94. The molecular weight excluding hydrogens is 423 g/mol. The van der Waals surface area contributed by atoms with E-state index >= 15 is 0 Å². The lowest BCUT2D eigenvalue weighted by atomic mass is 9.53. The number of hydrogen-bond acceptors (Lipinski definition) is 5. The highest BCUT2D eigenvalue weighted by molar-refractivity contribution is 5.78. The Morgan fingerprint density at radius 1 is 1.09 bits per heavy atom. The second-order valence-corrected chi connectivity index (χ2v) is 9.42. The van der Waals surface area contributed by atoms with E-state index < -0.39 is 11.4 Å². The molecule has 4 aromatic heterocycles. The van der Waals surface area contributed by atoms with Gasteiger partial charge in [0.15, 0.2) is 5.65 Å². The van der Waals surface area contributed by atoms with Crippen LogP contribution >= 0.6 is 0 Å². The van der Waals surface area contributed by atoms with Crippen LogP contribution < -0.4 is 0 Å². The van der Waals surface area contributed by atoms with E-state index in [4.69, 9.17) is 4.98 Å². The Bertz CT molecular complexity index is 1380. The van der Waals surface area contributed by atoms with E-state index in [-0.39, 0.29) is 11.2 Å². The number of nitrogens with zero attached hydrogens (tertiary/aromatic N) is 5. The molecular formula is C24H23FN6O2. The number of carbonyl (C=O) groups is 1. The molecule has 0 atom stereocenters. The summed E-state index contributed by atoms with van der Waals surface area (Å²) in [6, 6.07) is 6.90. The molecule has 2 N–H and O–H groups in total. The summed E-state index contributed by atoms with van der Waals surface area (Å²) in [4.78, 5) is 29.1. The van der Waals surface area contributed by atoms with Crippen LogP contribution in [0, 0.1) is 18.2 Å². The highest BCUT2D eigenvalue weighted by Crippen LogP contribution is 2.57. The minimum Gasteiger partial charge on any atom is -0.481 e. The molecule has 8 nitrogen and oxygen atoms in total. The third kappa shape index (κ3) is 2.98. The number of nitrogens with one attached hydrogen (secondary N) is 1. The zero-order valence-electron chi connectivity index (χ0n) is 18.2. The molecule has 7 rings (SSSR count). The Hall–Kier alpha value is -3.62. The summed E-state index contributed by atoms with van der Waals surface area (Å²) in [5, 5.41) is 14.0. The molecule has 168 valence electrons. The van der Waals surface area contributed by atoms with Gasteiger partial charge in [-0.3, -0.25) is 4.79 Å². The van der Waals surface area contributed by atoms with Crippen LogP contribution in [0.2, 0.25) is 0 Å². The summed E-state index contributed by atoms with van der Waals surface area (Å²) in [6.07, 6.45) is 7.69. The fraction of sp³-hybridized carbons (Fsp3) is 0.375. The third-order valence-corrected chi connectivity index (χ3v) is 7.73. The summed E-state index contributed by atoms with van der Waals surface area (Å²) < 4.78 is 15.6. The molecule has 0 radical (unpaired) electrons. The van der Waals surface area contributed by atoms with Gasteiger partial charge >= 0.3 is 5.97 Å². The van der Waals surface area contributed by atoms with Crippen molar-refractivity contribution in [2.45, 2.75) is 50.9 Å². The van der Waals surface area contributed by atoms with Crippen LogP contribution in [0.4, 0.5) is 4.39 Å². The Labute approximate surface area is 188 Å². The number of carboxylic acids is 1. The van der Waals surface area contributed by atoms with E-state index in [1.807, 2.05) is 18.3 Å². The van der Waals surface area contributed by atoms with Crippen molar-refractivity contribution in [3.63, 3.8) is 0 Å². The number of aromatic amines is 1. The van der Waals surface area contributed by atoms with Crippen LogP contribution in [-0.2, 0) is 10.2 Å². The minimum absolute atomic E-state index is 0.184. The molecule has 3 saturated carbocycles. The van der Waals surface area contributed by atoms with Crippen molar-refractivity contribution in [1.82, 2.24) is 29.5 Å². The molecule has 3 aliphatic carbocycles. The van der Waals surface area contributed by atoms with Crippen LogP contribution in [0.5, 0.6) is 0 Å². The van der Waals surface area contributed by atoms with Crippen molar-refractivity contribution in [2.24, 2.45) is 5.41 Å². The van der Waals surface area contributed by atoms with E-state index in [2.05, 4.69) is 20.1 Å². The first kappa shape index (κ1) is 20.0. The van der Waals surface area contributed by atoms with Gasteiger partial charge < -0.3 is 10.1 Å². The SMILES string of the molecule is Cc1nc(-c2[nH]c(C34CCC(C(=O)O)(CC3)CC4)nc2-c2ccc3ncnn3c2)ccc1F. The van der Waals surface area contributed by atoms with Gasteiger partial charge in [0.05, 0.1) is 28.2 Å². The number of carboxylic acid groups (broad SMARTS) is 1. The maximum Gasteiger partial charge on any atom is 0.309 e. The quantitative estimate of drug-likeness (QED) is 0.484. The highest BCUT2D eigenvalue weighted by atomic mass is 19.1. The van der Waals surface area contributed by atoms with Gasteiger partial charge in [-0.2, -0.15) is 5.10 Å². The lowest BCUT2D eigenvalue weighted by molar-refractivity contribution is -0.156. The van der Waals surface area contributed by atoms with Gasteiger partial charge in [0.2, 0.25) is 0 Å². The average Bonchev–Trinajstić information content (AvgIpc) is 3.49. The first-order valence-corrected chi connectivity index (χ1v) is 11.2. The molecule has 3 aliphatic rings. The first-order chi connectivity index (χ1) is 15.9. The van der Waals surface area contributed by atoms with E-state index in [9.17, 15) is 14.3 Å². The third-order valence-electron chi connectivity index (χ3n) is 7.73. The normalized spacial score (nSPS) is 24.4. The van der Waals surface area contributed by atoms with Gasteiger partial charge in [-0.15, -0.1) is 0 Å². The van der Waals surface area contributed by atoms with Gasteiger partial charge in [-0.25, -0.2) is 23.9 Å². The lowest BCUT2D eigenvalue weighted by Crippen LogP contribution is -2.48. The second-order valence-electron chi connectivity index (χ2n) is 9.42. The maximum absolute atomic E-state index is 13.9. The van der Waals surface area contributed by atoms with Crippen LogP contribution in [0.25, 0.3) is 28.3 Å². The van der Waals surface area contributed by atoms with Crippen molar-refractivity contribution in [3.8, 4) is 22.6 Å². The smallest absolute Gasteiger partial charge is 0.309 e. The monoisotopic (exact) mass is 446 g/mol. The molecule has 33 heavy (non-hydrogen) atoms. The van der Waals surface area contributed by atoms with Crippen molar-refractivity contribution in [1.29, 1.82) is 0 Å². The Kier molecular flexibility index (Phi) is 4.21. The number of aromatic nitrogens is 6. The summed E-state index contributed by atoms with van der Waals surface area (Å²) in [7, 11) is 0. The standard InChI is InChI=1S/C24H23FN6O2/c1-14-16(25)3-4-17(28-14)20-19(15-2-5-18-26-13-27-31(18)12-15)29-21(30-20)23-6-9-24(10-7-23,11-8-23)22(32)33/h2-5,12-13H,6-11H2,1H3,(H,29,30)(H,32,33). The number of aliphatic carboxylic acids is 1. The highest BCUT2D eigenvalue weighted by Gasteiger charge is 2.54. The van der Waals surface area contributed by atoms with E-state index in [1.165, 1.54) is 12.4 Å². The zero-order valence-corrected chi connectivity index (χ0v) is 18.2. The number of hydrogen-bond donors (Lipinski definition) is 2. The molecule has 0 unspecified atom stereocenters. The molecule has 0 aromatic carbocycles. The summed E-state index contributed by atoms with van der Waals surface area (Å²) >= 11 is 0. The first-order valence-electron chi connectivity index (χ1n) is 11.2. The molecule has 0 saturated heterocycles. The van der Waals surface area contributed by atoms with Crippen molar-refractivity contribution in [3.05, 3.63) is 54.1 Å². The topological polar surface area (TPSA) is 109 Å². The van der Waals surface area contributed by atoms with Crippen LogP contribution in [0.1, 0.15) is 50.0 Å². The number of H-pyrrole nitrogens is 1. The number of rotatable bonds is 4. The Balaban J connectivity index is 1.48. The number of imidazole rings is 1. The zero-order chi connectivity index (χ0) is 22.8. The molecule has 2 bridgehead atoms. The van der Waals surface area contributed by atoms with E-state index in [0.29, 0.717) is 30.7 Å². The predicted molar refractivity (Wildman–Crippen MR) is 118 cm³/mol. The van der Waals surface area contributed by atoms with E-state index in [1.54, 1.807) is 17.5 Å². The Morgan fingerprint density at radius 3 is 2.55 bits per heavy atom. The molecule has 3 fully saturated rings. The fourth-order valence-corrected chi connectivity index (χ4v) is 5.52. The summed E-state index contributed by atoms with van der Waals surface area (Å²) in [6.45, 7) is 1.64. The average molecular weight is 446 g/mol. The summed E-state index contributed by atoms with van der Waals surface area (Å²) in [5.41, 5.74) is 3.18. The molecule has 0 aliphatic heterocycles. The van der Waals surface area contributed by atoms with Crippen LogP contribution in [0.3, 0.4) is 0 Å². The molecule has 9 heteroatoms. The molecule has 0 amide bonds. The van der Waals surface area contributed by atoms with Gasteiger partial charge in [-0.05, 0) is 69.7 Å². The lowest BCUT2D eigenvalue weighted by Gasteiger charge is -2.50. The molecule has 4 heterocycles. The largest absolute Gasteiger partial charge is 0.481 e. The molecule has 4 aromatic rings. The van der Waals surface area contributed by atoms with Crippen molar-refractivity contribution < 1.29 is 14.3 Å². The minimum atomic E-state index is -0.677. The van der Waals surface area contributed by atoms with Crippen LogP contribution in [-0.4, -0.2) is 40.6 Å². The van der Waals surface area contributed by atoms with E-state index in [0.717, 1.165) is 47.7 Å². The van der Waals surface area contributed by atoms with Crippen molar-refractivity contribution in [2.75, 3.05) is 0 Å². The predicted octanol–water partition coefficient (Wildman–Crippen LogP) is 4.31.